The van der Waals surface area contributed by atoms with Crippen LogP contribution in [0.2, 0.25) is 0 Å². The van der Waals surface area contributed by atoms with Crippen molar-refractivity contribution in [1.82, 2.24) is 20.3 Å². The Morgan fingerprint density at radius 2 is 1.93 bits per heavy atom. The number of methoxy groups -OCH3 is 1. The summed E-state index contributed by atoms with van der Waals surface area (Å²) >= 11 is 0. The van der Waals surface area contributed by atoms with Crippen molar-refractivity contribution >= 4 is 16.8 Å². The van der Waals surface area contributed by atoms with Crippen LogP contribution in [0, 0.1) is 5.82 Å². The Morgan fingerprint density at radius 1 is 1.07 bits per heavy atom. The second-order valence-corrected chi connectivity index (χ2v) is 7.34. The number of rotatable bonds is 4. The lowest BCUT2D eigenvalue weighted by Gasteiger charge is -2.31. The van der Waals surface area contributed by atoms with Gasteiger partial charge >= 0.3 is 0 Å². The quantitative estimate of drug-likeness (QED) is 0.503. The number of piperidine rings is 1. The second-order valence-electron chi connectivity index (χ2n) is 7.34. The zero-order valence-electron chi connectivity index (χ0n) is 16.5. The molecule has 0 bridgehead atoms. The van der Waals surface area contributed by atoms with Gasteiger partial charge in [-0.15, -0.1) is 10.2 Å². The van der Waals surface area contributed by atoms with Gasteiger partial charge in [-0.2, -0.15) is 0 Å². The third-order valence-electron chi connectivity index (χ3n) is 5.56. The van der Waals surface area contributed by atoms with Crippen LogP contribution in [0.15, 0.2) is 53.2 Å². The van der Waals surface area contributed by atoms with Crippen molar-refractivity contribution in [1.29, 1.82) is 0 Å². The first-order chi connectivity index (χ1) is 14.7. The Balaban J connectivity index is 1.27. The number of hydrogen-bond donors (Lipinski definition) is 0. The van der Waals surface area contributed by atoms with E-state index >= 15 is 0 Å². The van der Waals surface area contributed by atoms with E-state index in [9.17, 15) is 4.39 Å². The minimum Gasteiger partial charge on any atom is -0.481 e. The van der Waals surface area contributed by atoms with Crippen LogP contribution in [0.1, 0.15) is 24.5 Å². The maximum absolute atomic E-state index is 13.6. The lowest BCUT2D eigenvalue weighted by molar-refractivity contribution is 0.398. The summed E-state index contributed by atoms with van der Waals surface area (Å²) in [6.07, 6.45) is 3.51. The van der Waals surface area contributed by atoms with E-state index < -0.39 is 0 Å². The van der Waals surface area contributed by atoms with E-state index in [0.29, 0.717) is 11.5 Å². The molecule has 1 fully saturated rings. The van der Waals surface area contributed by atoms with Gasteiger partial charge in [-0.25, -0.2) is 9.37 Å². The number of aromatic nitrogens is 4. The van der Waals surface area contributed by atoms with Crippen molar-refractivity contribution in [2.75, 3.05) is 25.1 Å². The second kappa shape index (κ2) is 7.70. The van der Waals surface area contributed by atoms with Gasteiger partial charge in [0.15, 0.2) is 11.4 Å². The van der Waals surface area contributed by atoms with Crippen molar-refractivity contribution in [2.45, 2.75) is 18.8 Å². The summed E-state index contributed by atoms with van der Waals surface area (Å²) < 4.78 is 24.1. The van der Waals surface area contributed by atoms with Gasteiger partial charge in [-0.05, 0) is 49.2 Å². The summed E-state index contributed by atoms with van der Waals surface area (Å²) in [6, 6.07) is 12.2. The fraction of sp³-hybridized carbons (Fsp3) is 0.273. The molecule has 0 amide bonds. The van der Waals surface area contributed by atoms with Crippen molar-refractivity contribution < 1.29 is 13.7 Å². The monoisotopic (exact) mass is 405 g/mol. The number of anilines is 1. The van der Waals surface area contributed by atoms with E-state index in [-0.39, 0.29) is 11.7 Å². The van der Waals surface area contributed by atoms with Crippen molar-refractivity contribution in [3.63, 3.8) is 0 Å². The predicted molar refractivity (Wildman–Crippen MR) is 110 cm³/mol. The summed E-state index contributed by atoms with van der Waals surface area (Å²) in [7, 11) is 1.59. The van der Waals surface area contributed by atoms with Crippen LogP contribution in [0.5, 0.6) is 5.88 Å². The van der Waals surface area contributed by atoms with Gasteiger partial charge in [0.1, 0.15) is 5.82 Å². The molecule has 0 atom stereocenters. The number of nitrogens with zero attached hydrogens (tertiary/aromatic N) is 5. The van der Waals surface area contributed by atoms with E-state index in [4.69, 9.17) is 9.26 Å². The Hall–Kier alpha value is -3.55. The topological polar surface area (TPSA) is 77.2 Å². The zero-order valence-corrected chi connectivity index (χ0v) is 16.5. The Kier molecular flexibility index (Phi) is 4.74. The molecule has 0 saturated carbocycles. The molecule has 1 saturated heterocycles. The number of halogens is 1. The molecule has 4 heterocycles. The highest BCUT2D eigenvalue weighted by Gasteiger charge is 2.26. The van der Waals surface area contributed by atoms with Gasteiger partial charge < -0.3 is 14.2 Å². The lowest BCUT2D eigenvalue weighted by atomic mass is 9.91. The molecule has 0 spiro atoms. The minimum atomic E-state index is -0.271. The fourth-order valence-corrected chi connectivity index (χ4v) is 3.91. The lowest BCUT2D eigenvalue weighted by Crippen LogP contribution is -2.33. The Bertz CT molecular complexity index is 1150. The minimum absolute atomic E-state index is 0.238. The van der Waals surface area contributed by atoms with Crippen LogP contribution in [0.4, 0.5) is 10.2 Å². The maximum atomic E-state index is 13.6. The molecule has 0 aliphatic carbocycles. The van der Waals surface area contributed by atoms with Gasteiger partial charge in [0.2, 0.25) is 5.88 Å². The van der Waals surface area contributed by atoms with Gasteiger partial charge in [0, 0.05) is 42.2 Å². The van der Waals surface area contributed by atoms with Crippen LogP contribution in [-0.4, -0.2) is 40.5 Å². The van der Waals surface area contributed by atoms with Crippen molar-refractivity contribution in [2.24, 2.45) is 0 Å². The summed E-state index contributed by atoms with van der Waals surface area (Å²) in [6.45, 7) is 1.65. The van der Waals surface area contributed by atoms with E-state index in [1.54, 1.807) is 25.4 Å². The Morgan fingerprint density at radius 3 is 2.63 bits per heavy atom. The molecule has 0 unspecified atom stereocenters. The molecule has 0 N–H and O–H groups in total. The molecule has 1 aliphatic rings. The number of fused-ring (bicyclic) bond motifs is 1. The maximum Gasteiger partial charge on any atom is 0.212 e. The van der Waals surface area contributed by atoms with Crippen LogP contribution < -0.4 is 9.64 Å². The highest BCUT2D eigenvalue weighted by atomic mass is 19.1. The first-order valence-electron chi connectivity index (χ1n) is 9.85. The molecule has 1 aromatic carbocycles. The summed E-state index contributed by atoms with van der Waals surface area (Å²) in [5.74, 6) is 1.37. The van der Waals surface area contributed by atoms with E-state index in [1.165, 1.54) is 12.1 Å². The summed E-state index contributed by atoms with van der Waals surface area (Å²) in [5, 5.41) is 13.7. The van der Waals surface area contributed by atoms with E-state index in [0.717, 1.165) is 54.1 Å². The molecule has 30 heavy (non-hydrogen) atoms. The average molecular weight is 405 g/mol. The first kappa shape index (κ1) is 18.5. The average Bonchev–Trinajstić information content (AvgIpc) is 3.22. The molecular formula is C22H20FN5O2. The smallest absolute Gasteiger partial charge is 0.212 e. The first-order valence-corrected chi connectivity index (χ1v) is 9.85. The third kappa shape index (κ3) is 3.45. The van der Waals surface area contributed by atoms with Gasteiger partial charge in [-0.3, -0.25) is 0 Å². The van der Waals surface area contributed by atoms with E-state index in [2.05, 4.69) is 25.2 Å². The predicted octanol–water partition coefficient (Wildman–Crippen LogP) is 4.21. The van der Waals surface area contributed by atoms with Crippen molar-refractivity contribution in [3.05, 3.63) is 60.2 Å². The number of benzene rings is 1. The van der Waals surface area contributed by atoms with Gasteiger partial charge in [-0.1, -0.05) is 5.16 Å². The summed E-state index contributed by atoms with van der Waals surface area (Å²) in [5.41, 5.74) is 3.12. The van der Waals surface area contributed by atoms with Crippen LogP contribution in [0.25, 0.3) is 22.2 Å². The fourth-order valence-electron chi connectivity index (χ4n) is 3.91. The van der Waals surface area contributed by atoms with Gasteiger partial charge in [0.25, 0.3) is 0 Å². The molecule has 4 aromatic rings. The van der Waals surface area contributed by atoms with Crippen molar-refractivity contribution in [3.8, 4) is 17.1 Å². The number of pyridine rings is 1. The van der Waals surface area contributed by atoms with Crippen LogP contribution in [0.3, 0.4) is 0 Å². The molecule has 0 radical (unpaired) electrons. The molecule has 8 heteroatoms. The van der Waals surface area contributed by atoms with Gasteiger partial charge in [0.05, 0.1) is 18.5 Å². The molecule has 152 valence electrons. The summed E-state index contributed by atoms with van der Waals surface area (Å²) in [4.78, 5) is 6.42. The molecule has 5 rings (SSSR count). The Labute approximate surface area is 172 Å². The zero-order chi connectivity index (χ0) is 20.5. The molecular weight excluding hydrogens is 385 g/mol. The van der Waals surface area contributed by atoms with Crippen LogP contribution in [-0.2, 0) is 0 Å². The SMILES string of the molecule is COc1ccc(-c2ccc(N3CCC(c4noc5ccc(F)cc45)CC3)nn2)cn1. The normalized spacial score (nSPS) is 14.9. The number of hydrogen-bond acceptors (Lipinski definition) is 7. The third-order valence-corrected chi connectivity index (χ3v) is 5.56. The number of ether oxygens (including phenoxy) is 1. The largest absolute Gasteiger partial charge is 0.481 e. The molecule has 3 aromatic heterocycles. The standard InChI is InChI=1S/C22H20FN5O2/c1-29-21-7-2-15(13-24-21)18-4-6-20(26-25-18)28-10-8-14(9-11-28)22-17-12-16(23)3-5-19(17)30-27-22/h2-7,12-14H,8-11H2,1H3. The van der Waals surface area contributed by atoms with Crippen LogP contribution >= 0.6 is 0 Å². The van der Waals surface area contributed by atoms with E-state index in [1.807, 2.05) is 18.2 Å². The highest BCUT2D eigenvalue weighted by Crippen LogP contribution is 2.34. The molecule has 1 aliphatic heterocycles. The highest BCUT2D eigenvalue weighted by molar-refractivity contribution is 5.80. The molecule has 7 nitrogen and oxygen atoms in total.